The number of imidazole rings is 1. The molecule has 0 aliphatic rings. The summed E-state index contributed by atoms with van der Waals surface area (Å²) in [7, 11) is 1.98. The molecule has 0 saturated heterocycles. The second-order valence-corrected chi connectivity index (χ2v) is 2.83. The van der Waals surface area contributed by atoms with Crippen molar-refractivity contribution in [3.8, 4) is 0 Å². The molecule has 0 aliphatic heterocycles. The van der Waals surface area contributed by atoms with Crippen LogP contribution in [0.2, 0.25) is 0 Å². The quantitative estimate of drug-likeness (QED) is 0.619. The van der Waals surface area contributed by atoms with Gasteiger partial charge < -0.3 is 4.57 Å². The number of hydrogen-bond donors (Lipinski definition) is 0. The Kier molecular flexibility index (Phi) is 2.16. The molecule has 0 bridgehead atoms. The average molecular weight is 142 g/mol. The predicted octanol–water partition coefficient (Wildman–Crippen LogP) is 1.28. The van der Waals surface area contributed by atoms with E-state index in [0.29, 0.717) is 0 Å². The van der Waals surface area contributed by atoms with E-state index in [1.165, 1.54) is 0 Å². The van der Waals surface area contributed by atoms with Crippen LogP contribution in [0, 0.1) is 0 Å². The zero-order valence-electron chi connectivity index (χ0n) is 5.66. The van der Waals surface area contributed by atoms with Crippen molar-refractivity contribution in [2.75, 3.05) is 6.26 Å². The fourth-order valence-electron chi connectivity index (χ4n) is 0.689. The third kappa shape index (κ3) is 1.75. The molecule has 0 aromatic carbocycles. The van der Waals surface area contributed by atoms with E-state index in [4.69, 9.17) is 0 Å². The van der Waals surface area contributed by atoms with Crippen LogP contribution in [-0.4, -0.2) is 15.8 Å². The van der Waals surface area contributed by atoms with Crippen molar-refractivity contribution in [1.82, 2.24) is 9.55 Å². The number of hydrogen-bond acceptors (Lipinski definition) is 2. The largest absolute Gasteiger partial charge is 0.340 e. The Balaban J connectivity index is 2.61. The SMILES string of the molecule is CSCc1cn(C)cn1. The molecule has 1 heterocycles. The Bertz CT molecular complexity index is 183. The third-order valence-corrected chi connectivity index (χ3v) is 1.64. The Morgan fingerprint density at radius 3 is 3.00 bits per heavy atom. The molecule has 1 aromatic heterocycles. The van der Waals surface area contributed by atoms with Crippen molar-refractivity contribution < 1.29 is 0 Å². The molecule has 2 nitrogen and oxygen atoms in total. The summed E-state index contributed by atoms with van der Waals surface area (Å²) in [5.41, 5.74) is 1.16. The van der Waals surface area contributed by atoms with Gasteiger partial charge in [0.25, 0.3) is 0 Å². The minimum absolute atomic E-state index is 1.01. The number of aryl methyl sites for hydroxylation is 1. The molecule has 9 heavy (non-hydrogen) atoms. The molecule has 0 aliphatic carbocycles. The van der Waals surface area contributed by atoms with Gasteiger partial charge in [-0.25, -0.2) is 4.98 Å². The van der Waals surface area contributed by atoms with E-state index in [9.17, 15) is 0 Å². The van der Waals surface area contributed by atoms with Crippen molar-refractivity contribution in [1.29, 1.82) is 0 Å². The van der Waals surface area contributed by atoms with E-state index >= 15 is 0 Å². The van der Waals surface area contributed by atoms with Crippen LogP contribution in [0.4, 0.5) is 0 Å². The molecule has 0 amide bonds. The van der Waals surface area contributed by atoms with Gasteiger partial charge in [0.05, 0.1) is 12.0 Å². The molecule has 0 N–H and O–H groups in total. The van der Waals surface area contributed by atoms with Gasteiger partial charge in [-0.3, -0.25) is 0 Å². The van der Waals surface area contributed by atoms with Gasteiger partial charge in [0.15, 0.2) is 0 Å². The first kappa shape index (κ1) is 6.68. The van der Waals surface area contributed by atoms with Crippen LogP contribution in [0.15, 0.2) is 12.5 Å². The first-order chi connectivity index (χ1) is 4.33. The summed E-state index contributed by atoms with van der Waals surface area (Å²) in [5.74, 6) is 1.01. The predicted molar refractivity (Wildman–Crippen MR) is 40.4 cm³/mol. The van der Waals surface area contributed by atoms with E-state index in [-0.39, 0.29) is 0 Å². The first-order valence-corrected chi connectivity index (χ1v) is 4.18. The van der Waals surface area contributed by atoms with Gasteiger partial charge in [0, 0.05) is 19.0 Å². The fourth-order valence-corrected chi connectivity index (χ4v) is 1.13. The minimum atomic E-state index is 1.01. The van der Waals surface area contributed by atoms with Gasteiger partial charge in [0.2, 0.25) is 0 Å². The maximum absolute atomic E-state index is 4.15. The number of thioether (sulfide) groups is 1. The number of nitrogens with zero attached hydrogens (tertiary/aromatic N) is 2. The maximum atomic E-state index is 4.15. The van der Waals surface area contributed by atoms with Gasteiger partial charge in [-0.1, -0.05) is 0 Å². The molecule has 1 rings (SSSR count). The summed E-state index contributed by atoms with van der Waals surface area (Å²) in [6.07, 6.45) is 5.94. The molecule has 0 saturated carbocycles. The number of rotatable bonds is 2. The van der Waals surface area contributed by atoms with Crippen LogP contribution in [0.3, 0.4) is 0 Å². The second-order valence-electron chi connectivity index (χ2n) is 1.96. The molecule has 50 valence electrons. The van der Waals surface area contributed by atoms with Gasteiger partial charge in [-0.15, -0.1) is 0 Å². The van der Waals surface area contributed by atoms with Crippen molar-refractivity contribution in [2.24, 2.45) is 7.05 Å². The van der Waals surface area contributed by atoms with E-state index < -0.39 is 0 Å². The van der Waals surface area contributed by atoms with Gasteiger partial charge in [0.1, 0.15) is 0 Å². The van der Waals surface area contributed by atoms with Crippen molar-refractivity contribution >= 4 is 11.8 Å². The fraction of sp³-hybridized carbons (Fsp3) is 0.500. The standard InChI is InChI=1S/C6H10N2S/c1-8-3-6(4-9-2)7-5-8/h3,5H,4H2,1-2H3. The molecule has 0 atom stereocenters. The van der Waals surface area contributed by atoms with Crippen LogP contribution in [0.25, 0.3) is 0 Å². The lowest BCUT2D eigenvalue weighted by Gasteiger charge is -1.86. The molecular weight excluding hydrogens is 132 g/mol. The molecule has 0 unspecified atom stereocenters. The zero-order valence-corrected chi connectivity index (χ0v) is 6.48. The highest BCUT2D eigenvalue weighted by molar-refractivity contribution is 7.97. The van der Waals surface area contributed by atoms with Crippen LogP contribution in [0.5, 0.6) is 0 Å². The second kappa shape index (κ2) is 2.92. The Labute approximate surface area is 59.3 Å². The summed E-state index contributed by atoms with van der Waals surface area (Å²) in [5, 5.41) is 0. The van der Waals surface area contributed by atoms with E-state index in [1.54, 1.807) is 11.8 Å². The lowest BCUT2D eigenvalue weighted by molar-refractivity contribution is 0.913. The molecule has 0 fully saturated rings. The Morgan fingerprint density at radius 1 is 1.78 bits per heavy atom. The monoisotopic (exact) mass is 142 g/mol. The van der Waals surface area contributed by atoms with Gasteiger partial charge >= 0.3 is 0 Å². The lowest BCUT2D eigenvalue weighted by atomic mass is 10.6. The van der Waals surface area contributed by atoms with Crippen molar-refractivity contribution in [3.63, 3.8) is 0 Å². The van der Waals surface area contributed by atoms with Crippen molar-refractivity contribution in [3.05, 3.63) is 18.2 Å². The molecular formula is C6H10N2S. The van der Waals surface area contributed by atoms with E-state index in [0.717, 1.165) is 11.4 Å². The average Bonchev–Trinajstić information content (AvgIpc) is 2.17. The summed E-state index contributed by atoms with van der Waals surface area (Å²) in [6, 6.07) is 0. The molecule has 0 spiro atoms. The third-order valence-electron chi connectivity index (χ3n) is 1.05. The number of aromatic nitrogens is 2. The summed E-state index contributed by atoms with van der Waals surface area (Å²) in [6.45, 7) is 0. The van der Waals surface area contributed by atoms with Crippen LogP contribution in [0.1, 0.15) is 5.69 Å². The van der Waals surface area contributed by atoms with Crippen LogP contribution < -0.4 is 0 Å². The summed E-state index contributed by atoms with van der Waals surface area (Å²) in [4.78, 5) is 4.15. The summed E-state index contributed by atoms with van der Waals surface area (Å²) >= 11 is 1.79. The van der Waals surface area contributed by atoms with E-state index in [1.807, 2.05) is 24.1 Å². The zero-order chi connectivity index (χ0) is 6.69. The smallest absolute Gasteiger partial charge is 0.0947 e. The normalized spacial score (nSPS) is 10.0. The summed E-state index contributed by atoms with van der Waals surface area (Å²) < 4.78 is 1.96. The van der Waals surface area contributed by atoms with Crippen LogP contribution in [-0.2, 0) is 12.8 Å². The minimum Gasteiger partial charge on any atom is -0.340 e. The van der Waals surface area contributed by atoms with E-state index in [2.05, 4.69) is 11.2 Å². The first-order valence-electron chi connectivity index (χ1n) is 2.78. The Morgan fingerprint density at radius 2 is 2.56 bits per heavy atom. The highest BCUT2D eigenvalue weighted by Crippen LogP contribution is 2.04. The molecule has 3 heteroatoms. The maximum Gasteiger partial charge on any atom is 0.0947 e. The topological polar surface area (TPSA) is 17.8 Å². The van der Waals surface area contributed by atoms with Crippen LogP contribution >= 0.6 is 11.8 Å². The highest BCUT2D eigenvalue weighted by Gasteiger charge is 1.91. The molecule has 1 aromatic rings. The Hall–Kier alpha value is -0.440. The van der Waals surface area contributed by atoms with Gasteiger partial charge in [-0.2, -0.15) is 11.8 Å². The highest BCUT2D eigenvalue weighted by atomic mass is 32.2. The van der Waals surface area contributed by atoms with Gasteiger partial charge in [-0.05, 0) is 6.26 Å². The lowest BCUT2D eigenvalue weighted by Crippen LogP contribution is -1.79. The molecule has 0 radical (unpaired) electrons. The van der Waals surface area contributed by atoms with Crippen molar-refractivity contribution in [2.45, 2.75) is 5.75 Å².